The number of barbiturate groups is 1. The largest absolute Gasteiger partial charge is 0.367 e. The summed E-state index contributed by atoms with van der Waals surface area (Å²) in [5, 5.41) is 2.45. The maximum atomic E-state index is 13.3. The number of rotatable bonds is 1. The molecule has 0 bridgehead atoms. The first-order valence-corrected chi connectivity index (χ1v) is 8.50. The first-order chi connectivity index (χ1) is 11.5. The van der Waals surface area contributed by atoms with Gasteiger partial charge < -0.3 is 4.90 Å². The Labute approximate surface area is 140 Å². The summed E-state index contributed by atoms with van der Waals surface area (Å²) in [5.74, 6) is -0.793. The number of hydrogen-bond donors (Lipinski definition) is 1. The second-order valence-corrected chi connectivity index (χ2v) is 7.16. The summed E-state index contributed by atoms with van der Waals surface area (Å²) < 4.78 is 0. The van der Waals surface area contributed by atoms with Crippen LogP contribution in [0.4, 0.5) is 10.5 Å². The molecule has 2 saturated heterocycles. The van der Waals surface area contributed by atoms with Gasteiger partial charge in [-0.1, -0.05) is 18.2 Å². The lowest BCUT2D eigenvalue weighted by Crippen LogP contribution is -2.72. The third kappa shape index (κ3) is 1.79. The summed E-state index contributed by atoms with van der Waals surface area (Å²) in [6.45, 7) is 4.42. The lowest BCUT2D eigenvalue weighted by atomic mass is 9.68. The SMILES string of the molecule is CC(C)N1C(=O)NC(=O)[C@]2(Cc3ccccc3N3CCC[C@@H]32)C1=O. The minimum atomic E-state index is -1.21. The van der Waals surface area contributed by atoms with Gasteiger partial charge in [0.1, 0.15) is 0 Å². The van der Waals surface area contributed by atoms with Crippen molar-refractivity contribution < 1.29 is 14.4 Å². The topological polar surface area (TPSA) is 69.7 Å². The Morgan fingerprint density at radius 3 is 2.71 bits per heavy atom. The molecule has 126 valence electrons. The Kier molecular flexibility index (Phi) is 3.20. The van der Waals surface area contributed by atoms with Crippen LogP contribution in [0.1, 0.15) is 32.3 Å². The molecule has 0 aliphatic carbocycles. The molecule has 4 rings (SSSR count). The van der Waals surface area contributed by atoms with Gasteiger partial charge in [0.15, 0.2) is 5.41 Å². The number of carbonyl (C=O) groups is 3. The molecule has 3 aliphatic heterocycles. The Hall–Kier alpha value is -2.37. The van der Waals surface area contributed by atoms with Crippen LogP contribution in [0.2, 0.25) is 0 Å². The fourth-order valence-corrected chi connectivity index (χ4v) is 4.52. The molecule has 6 nitrogen and oxygen atoms in total. The van der Waals surface area contributed by atoms with E-state index in [2.05, 4.69) is 16.3 Å². The highest BCUT2D eigenvalue weighted by Gasteiger charge is 2.62. The Bertz CT molecular complexity index is 745. The zero-order valence-corrected chi connectivity index (χ0v) is 13.9. The van der Waals surface area contributed by atoms with Gasteiger partial charge in [-0.05, 0) is 44.7 Å². The fraction of sp³-hybridized carbons (Fsp3) is 0.500. The minimum Gasteiger partial charge on any atom is -0.367 e. The van der Waals surface area contributed by atoms with Crippen molar-refractivity contribution in [3.8, 4) is 0 Å². The van der Waals surface area contributed by atoms with Crippen LogP contribution in [0.15, 0.2) is 24.3 Å². The van der Waals surface area contributed by atoms with Crippen molar-refractivity contribution in [1.82, 2.24) is 10.2 Å². The third-order valence-corrected chi connectivity index (χ3v) is 5.55. The Balaban J connectivity index is 1.88. The quantitative estimate of drug-likeness (QED) is 0.797. The zero-order chi connectivity index (χ0) is 17.1. The van der Waals surface area contributed by atoms with Gasteiger partial charge in [-0.3, -0.25) is 19.8 Å². The van der Waals surface area contributed by atoms with E-state index in [1.54, 1.807) is 13.8 Å². The molecule has 24 heavy (non-hydrogen) atoms. The minimum absolute atomic E-state index is 0.186. The van der Waals surface area contributed by atoms with Gasteiger partial charge >= 0.3 is 6.03 Å². The van der Waals surface area contributed by atoms with Gasteiger partial charge in [-0.25, -0.2) is 4.79 Å². The van der Waals surface area contributed by atoms with Crippen LogP contribution in [0.3, 0.4) is 0 Å². The number of nitrogens with zero attached hydrogens (tertiary/aromatic N) is 2. The highest BCUT2D eigenvalue weighted by Crippen LogP contribution is 2.48. The number of para-hydroxylation sites is 1. The number of urea groups is 1. The molecule has 0 unspecified atom stereocenters. The van der Waals surface area contributed by atoms with Gasteiger partial charge in [-0.2, -0.15) is 0 Å². The lowest BCUT2D eigenvalue weighted by Gasteiger charge is -2.50. The van der Waals surface area contributed by atoms with Crippen molar-refractivity contribution in [3.63, 3.8) is 0 Å². The number of anilines is 1. The highest BCUT2D eigenvalue weighted by atomic mass is 16.2. The first-order valence-electron chi connectivity index (χ1n) is 8.50. The second kappa shape index (κ2) is 5.06. The van der Waals surface area contributed by atoms with Crippen molar-refractivity contribution in [1.29, 1.82) is 0 Å². The summed E-state index contributed by atoms with van der Waals surface area (Å²) in [7, 11) is 0. The molecule has 1 aromatic rings. The number of fused-ring (bicyclic) bond motifs is 4. The average molecular weight is 327 g/mol. The van der Waals surface area contributed by atoms with E-state index in [4.69, 9.17) is 0 Å². The van der Waals surface area contributed by atoms with Crippen LogP contribution in [0.5, 0.6) is 0 Å². The third-order valence-electron chi connectivity index (χ3n) is 5.55. The molecular formula is C18H21N3O3. The molecule has 2 fully saturated rings. The van der Waals surface area contributed by atoms with Crippen LogP contribution in [-0.2, 0) is 16.0 Å². The van der Waals surface area contributed by atoms with Crippen LogP contribution in [0.25, 0.3) is 0 Å². The van der Waals surface area contributed by atoms with E-state index in [0.717, 1.165) is 30.6 Å². The van der Waals surface area contributed by atoms with E-state index < -0.39 is 17.4 Å². The lowest BCUT2D eigenvalue weighted by molar-refractivity contribution is -0.154. The summed E-state index contributed by atoms with van der Waals surface area (Å²) in [6, 6.07) is 6.87. The number of amides is 4. The zero-order valence-electron chi connectivity index (χ0n) is 13.9. The monoisotopic (exact) mass is 327 g/mol. The summed E-state index contributed by atoms with van der Waals surface area (Å²) >= 11 is 0. The number of hydrogen-bond acceptors (Lipinski definition) is 4. The maximum Gasteiger partial charge on any atom is 0.331 e. The molecule has 0 saturated carbocycles. The molecule has 0 aromatic heterocycles. The van der Waals surface area contributed by atoms with Gasteiger partial charge in [0, 0.05) is 18.3 Å². The van der Waals surface area contributed by atoms with Crippen LogP contribution in [-0.4, -0.2) is 41.4 Å². The van der Waals surface area contributed by atoms with E-state index in [9.17, 15) is 14.4 Å². The Morgan fingerprint density at radius 2 is 1.96 bits per heavy atom. The molecular weight excluding hydrogens is 306 g/mol. The number of carbonyl (C=O) groups excluding carboxylic acids is 3. The van der Waals surface area contributed by atoms with Crippen molar-refractivity contribution in [2.45, 2.75) is 45.2 Å². The average Bonchev–Trinajstić information content (AvgIpc) is 3.02. The molecule has 6 heteroatoms. The number of imide groups is 2. The van der Waals surface area contributed by atoms with Crippen molar-refractivity contribution in [2.24, 2.45) is 5.41 Å². The fourth-order valence-electron chi connectivity index (χ4n) is 4.52. The standard InChI is InChI=1S/C18H21N3O3/c1-11(2)21-16(23)18(15(22)19-17(21)24)10-12-6-3-4-7-13(12)20-9-5-8-14(18)20/h3-4,6-7,11,14H,5,8-10H2,1-2H3,(H,19,22,24)/t14-,18-/m1/s1. The molecule has 3 heterocycles. The predicted octanol–water partition coefficient (Wildman–Crippen LogP) is 1.68. The van der Waals surface area contributed by atoms with Crippen LogP contribution < -0.4 is 10.2 Å². The van der Waals surface area contributed by atoms with E-state index >= 15 is 0 Å². The molecule has 1 N–H and O–H groups in total. The van der Waals surface area contributed by atoms with Crippen molar-refractivity contribution in [2.75, 3.05) is 11.4 Å². The van der Waals surface area contributed by atoms with Crippen molar-refractivity contribution in [3.05, 3.63) is 29.8 Å². The molecule has 3 aliphatic rings. The molecule has 2 atom stereocenters. The van der Waals surface area contributed by atoms with Crippen molar-refractivity contribution >= 4 is 23.5 Å². The second-order valence-electron chi connectivity index (χ2n) is 7.16. The summed E-state index contributed by atoms with van der Waals surface area (Å²) in [6.07, 6.45) is 2.08. The molecule has 1 spiro atoms. The summed E-state index contributed by atoms with van der Waals surface area (Å²) in [4.78, 5) is 41.8. The smallest absolute Gasteiger partial charge is 0.331 e. The van der Waals surface area contributed by atoms with E-state index in [1.165, 1.54) is 4.90 Å². The van der Waals surface area contributed by atoms with Gasteiger partial charge in [-0.15, -0.1) is 0 Å². The van der Waals surface area contributed by atoms with Gasteiger partial charge in [0.25, 0.3) is 0 Å². The first kappa shape index (κ1) is 15.2. The Morgan fingerprint density at radius 1 is 1.21 bits per heavy atom. The molecule has 0 radical (unpaired) electrons. The number of benzene rings is 1. The predicted molar refractivity (Wildman–Crippen MR) is 88.5 cm³/mol. The molecule has 1 aromatic carbocycles. The van der Waals surface area contributed by atoms with Gasteiger partial charge in [0.2, 0.25) is 11.8 Å². The maximum absolute atomic E-state index is 13.3. The number of nitrogens with one attached hydrogen (secondary N) is 1. The van der Waals surface area contributed by atoms with Gasteiger partial charge in [0.05, 0.1) is 6.04 Å². The van der Waals surface area contributed by atoms with E-state index in [-0.39, 0.29) is 18.0 Å². The van der Waals surface area contributed by atoms with Crippen LogP contribution in [0, 0.1) is 5.41 Å². The van der Waals surface area contributed by atoms with E-state index in [1.807, 2.05) is 18.2 Å². The normalized spacial score (nSPS) is 29.1. The van der Waals surface area contributed by atoms with Crippen LogP contribution >= 0.6 is 0 Å². The summed E-state index contributed by atoms with van der Waals surface area (Å²) in [5.41, 5.74) is 0.902. The molecule has 4 amide bonds. The highest BCUT2D eigenvalue weighted by molar-refractivity contribution is 6.20. The van der Waals surface area contributed by atoms with E-state index in [0.29, 0.717) is 6.42 Å².